The first kappa shape index (κ1) is 31.3. The predicted octanol–water partition coefficient (Wildman–Crippen LogP) is 5.96. The molecule has 0 rings (SSSR count). The van der Waals surface area contributed by atoms with E-state index in [1.54, 1.807) is 12.2 Å². The largest absolute Gasteiger partial charge is 0.478 e. The first-order valence-electron chi connectivity index (χ1n) is 12.7. The van der Waals surface area contributed by atoms with Crippen LogP contribution in [0, 0.1) is 11.8 Å². The van der Waals surface area contributed by atoms with Crippen LogP contribution in [0.2, 0.25) is 0 Å². The summed E-state index contributed by atoms with van der Waals surface area (Å²) < 4.78 is 0. The van der Waals surface area contributed by atoms with Crippen LogP contribution in [0.25, 0.3) is 0 Å². The van der Waals surface area contributed by atoms with Gasteiger partial charge < -0.3 is 20.4 Å². The Kier molecular flexibility index (Phi) is 19.8. The van der Waals surface area contributed by atoms with Crippen LogP contribution < -0.4 is 0 Å². The summed E-state index contributed by atoms with van der Waals surface area (Å²) in [5.74, 6) is -0.591. The Hall–Kier alpha value is -1.69. The first-order valence-corrected chi connectivity index (χ1v) is 12.7. The third-order valence-corrected chi connectivity index (χ3v) is 5.95. The van der Waals surface area contributed by atoms with E-state index in [0.29, 0.717) is 18.8 Å². The quantitative estimate of drug-likeness (QED) is 0.0771. The van der Waals surface area contributed by atoms with Gasteiger partial charge in [-0.25, -0.2) is 4.79 Å². The molecule has 190 valence electrons. The summed E-state index contributed by atoms with van der Waals surface area (Å²) in [7, 11) is 0. The minimum atomic E-state index is -0.989. The molecule has 0 bridgehead atoms. The zero-order valence-corrected chi connectivity index (χ0v) is 21.0. The molecule has 0 saturated heterocycles. The maximum atomic E-state index is 10.4. The Morgan fingerprint density at radius 2 is 1.45 bits per heavy atom. The zero-order chi connectivity index (χ0) is 24.9. The van der Waals surface area contributed by atoms with Gasteiger partial charge in [0.2, 0.25) is 0 Å². The second-order valence-electron chi connectivity index (χ2n) is 9.09. The lowest BCUT2D eigenvalue weighted by atomic mass is 9.93. The molecule has 0 fully saturated rings. The van der Waals surface area contributed by atoms with E-state index in [1.807, 2.05) is 19.1 Å². The van der Waals surface area contributed by atoms with Gasteiger partial charge in [-0.2, -0.15) is 0 Å². The number of aliphatic hydroxyl groups is 3. The monoisotopic (exact) mass is 464 g/mol. The van der Waals surface area contributed by atoms with Gasteiger partial charge >= 0.3 is 5.97 Å². The van der Waals surface area contributed by atoms with Gasteiger partial charge in [-0.1, -0.05) is 82.6 Å². The third-order valence-electron chi connectivity index (χ3n) is 5.95. The molecule has 0 aromatic rings. The highest BCUT2D eigenvalue weighted by Gasteiger charge is 2.14. The summed E-state index contributed by atoms with van der Waals surface area (Å²) in [6.07, 6.45) is 22.7. The van der Waals surface area contributed by atoms with E-state index in [1.165, 1.54) is 6.08 Å². The lowest BCUT2D eigenvalue weighted by Crippen LogP contribution is -2.17. The van der Waals surface area contributed by atoms with Gasteiger partial charge in [-0.15, -0.1) is 0 Å². The minimum absolute atomic E-state index is 0.0741. The molecule has 0 aliphatic rings. The molecule has 0 aromatic heterocycles. The fourth-order valence-corrected chi connectivity index (χ4v) is 3.56. The molecule has 5 heteroatoms. The first-order chi connectivity index (χ1) is 15.8. The molecule has 0 radical (unpaired) electrons. The zero-order valence-electron chi connectivity index (χ0n) is 21.0. The van der Waals surface area contributed by atoms with E-state index in [2.05, 4.69) is 26.0 Å². The van der Waals surface area contributed by atoms with E-state index in [0.717, 1.165) is 63.9 Å². The van der Waals surface area contributed by atoms with Crippen molar-refractivity contribution in [1.82, 2.24) is 0 Å². The SMILES string of the molecule is CC/C=C\CCC(C)[C@H](O)CCCCC[C@@H](O)C(C)/C=C\CC[C@H](O)C/C=C/C=C\C(=O)O. The third kappa shape index (κ3) is 19.5. The summed E-state index contributed by atoms with van der Waals surface area (Å²) in [6.45, 7) is 6.26. The molecule has 0 saturated carbocycles. The Bertz CT molecular complexity index is 593. The maximum absolute atomic E-state index is 10.4. The van der Waals surface area contributed by atoms with E-state index in [9.17, 15) is 20.1 Å². The topological polar surface area (TPSA) is 98.0 Å². The molecule has 2 unspecified atom stereocenters. The van der Waals surface area contributed by atoms with Crippen LogP contribution in [0.4, 0.5) is 0 Å². The van der Waals surface area contributed by atoms with Crippen molar-refractivity contribution < 1.29 is 25.2 Å². The number of aliphatic hydroxyl groups excluding tert-OH is 3. The highest BCUT2D eigenvalue weighted by molar-refractivity contribution is 5.80. The molecular formula is C28H48O5. The van der Waals surface area contributed by atoms with Crippen LogP contribution in [0.5, 0.6) is 0 Å². The Balaban J connectivity index is 3.89. The standard InChI is InChI=1S/C28H48O5/c1-4-5-6-9-16-23(2)26(30)20-11-8-12-21-27(31)24(3)17-14-15-19-25(29)18-10-7-13-22-28(32)33/h5-7,10,13-14,17,22-27,29-31H,4,8-9,11-12,15-16,18-21H2,1-3H3,(H,32,33)/b6-5-,10-7+,17-14-,22-13-/t23?,24?,25-,26-,27-/m1/s1. The van der Waals surface area contributed by atoms with Gasteiger partial charge in [-0.05, 0) is 63.2 Å². The van der Waals surface area contributed by atoms with Crippen molar-refractivity contribution in [2.24, 2.45) is 11.8 Å². The number of hydrogen-bond donors (Lipinski definition) is 4. The van der Waals surface area contributed by atoms with E-state index in [4.69, 9.17) is 5.11 Å². The molecule has 0 heterocycles. The molecule has 0 aliphatic heterocycles. The van der Waals surface area contributed by atoms with Gasteiger partial charge in [0.05, 0.1) is 18.3 Å². The Labute approximate surface area is 201 Å². The van der Waals surface area contributed by atoms with Crippen molar-refractivity contribution in [2.45, 2.75) is 110 Å². The second kappa shape index (κ2) is 20.9. The van der Waals surface area contributed by atoms with Crippen molar-refractivity contribution >= 4 is 5.97 Å². The van der Waals surface area contributed by atoms with Crippen LogP contribution in [-0.2, 0) is 4.79 Å². The number of hydrogen-bond acceptors (Lipinski definition) is 4. The van der Waals surface area contributed by atoms with Gasteiger partial charge in [-0.3, -0.25) is 0 Å². The highest BCUT2D eigenvalue weighted by atomic mass is 16.4. The van der Waals surface area contributed by atoms with Crippen LogP contribution in [0.15, 0.2) is 48.6 Å². The molecule has 5 atom stereocenters. The van der Waals surface area contributed by atoms with Crippen LogP contribution >= 0.6 is 0 Å². The van der Waals surface area contributed by atoms with Crippen LogP contribution in [0.1, 0.15) is 91.4 Å². The van der Waals surface area contributed by atoms with Crippen molar-refractivity contribution in [1.29, 1.82) is 0 Å². The predicted molar refractivity (Wildman–Crippen MR) is 137 cm³/mol. The van der Waals surface area contributed by atoms with Crippen molar-refractivity contribution in [3.63, 3.8) is 0 Å². The van der Waals surface area contributed by atoms with Gasteiger partial charge in [0.1, 0.15) is 0 Å². The Morgan fingerprint density at radius 1 is 0.788 bits per heavy atom. The molecule has 0 aromatic carbocycles. The number of rotatable bonds is 20. The molecule has 5 nitrogen and oxygen atoms in total. The summed E-state index contributed by atoms with van der Waals surface area (Å²) in [6, 6.07) is 0. The molecule has 0 amide bonds. The smallest absolute Gasteiger partial charge is 0.328 e. The van der Waals surface area contributed by atoms with Crippen molar-refractivity contribution in [3.05, 3.63) is 48.6 Å². The highest BCUT2D eigenvalue weighted by Crippen LogP contribution is 2.19. The number of unbranched alkanes of at least 4 members (excludes halogenated alkanes) is 2. The maximum Gasteiger partial charge on any atom is 0.328 e. The second-order valence-corrected chi connectivity index (χ2v) is 9.09. The minimum Gasteiger partial charge on any atom is -0.478 e. The molecule has 0 spiro atoms. The van der Waals surface area contributed by atoms with Crippen molar-refractivity contribution in [3.8, 4) is 0 Å². The normalized spacial score (nSPS) is 17.3. The van der Waals surface area contributed by atoms with Gasteiger partial charge in [0, 0.05) is 6.08 Å². The average Bonchev–Trinajstić information content (AvgIpc) is 2.78. The lowest BCUT2D eigenvalue weighted by Gasteiger charge is -2.19. The lowest BCUT2D eigenvalue weighted by molar-refractivity contribution is -0.131. The van der Waals surface area contributed by atoms with Crippen molar-refractivity contribution in [2.75, 3.05) is 0 Å². The fourth-order valence-electron chi connectivity index (χ4n) is 3.56. The Morgan fingerprint density at radius 3 is 2.12 bits per heavy atom. The molecular weight excluding hydrogens is 416 g/mol. The number of aliphatic carboxylic acids is 1. The van der Waals surface area contributed by atoms with E-state index < -0.39 is 12.1 Å². The number of carboxylic acids is 1. The molecule has 4 N–H and O–H groups in total. The average molecular weight is 465 g/mol. The molecule has 0 aliphatic carbocycles. The van der Waals surface area contributed by atoms with Crippen LogP contribution in [-0.4, -0.2) is 44.7 Å². The summed E-state index contributed by atoms with van der Waals surface area (Å²) in [5, 5.41) is 39.1. The summed E-state index contributed by atoms with van der Waals surface area (Å²) >= 11 is 0. The molecule has 33 heavy (non-hydrogen) atoms. The van der Waals surface area contributed by atoms with Gasteiger partial charge in [0.25, 0.3) is 0 Å². The van der Waals surface area contributed by atoms with Gasteiger partial charge in [0.15, 0.2) is 0 Å². The summed E-state index contributed by atoms with van der Waals surface area (Å²) in [5.41, 5.74) is 0. The fraction of sp³-hybridized carbons (Fsp3) is 0.679. The number of carbonyl (C=O) groups is 1. The van der Waals surface area contributed by atoms with Crippen LogP contribution in [0.3, 0.4) is 0 Å². The summed E-state index contributed by atoms with van der Waals surface area (Å²) in [4.78, 5) is 10.3. The number of allylic oxidation sites excluding steroid dienone is 5. The van der Waals surface area contributed by atoms with E-state index in [-0.39, 0.29) is 18.1 Å². The van der Waals surface area contributed by atoms with E-state index >= 15 is 0 Å². The number of carboxylic acid groups (broad SMARTS) is 1.